The van der Waals surface area contributed by atoms with E-state index in [4.69, 9.17) is 19.3 Å². The van der Waals surface area contributed by atoms with Crippen LogP contribution in [0.4, 0.5) is 0 Å². The van der Waals surface area contributed by atoms with Gasteiger partial charge in [-0.05, 0) is 53.6 Å². The van der Waals surface area contributed by atoms with E-state index in [1.165, 1.54) is 26.2 Å². The lowest BCUT2D eigenvalue weighted by Gasteiger charge is -2.41. The number of hydrogen-bond acceptors (Lipinski definition) is 8. The van der Waals surface area contributed by atoms with Crippen molar-refractivity contribution in [1.82, 2.24) is 10.2 Å². The molecule has 0 aromatic heterocycles. The van der Waals surface area contributed by atoms with Gasteiger partial charge in [-0.2, -0.15) is 0 Å². The van der Waals surface area contributed by atoms with Gasteiger partial charge in [0.15, 0.2) is 11.5 Å². The van der Waals surface area contributed by atoms with E-state index in [-0.39, 0.29) is 31.6 Å². The Morgan fingerprint density at radius 3 is 2.74 bits per heavy atom. The minimum Gasteiger partial charge on any atom is -0.493 e. The second kappa shape index (κ2) is 12.7. The topological polar surface area (TPSA) is 135 Å². The first-order valence-electron chi connectivity index (χ1n) is 11.4. The fourth-order valence-corrected chi connectivity index (χ4v) is 5.10. The van der Waals surface area contributed by atoms with Crippen LogP contribution in [0.1, 0.15) is 36.5 Å². The zero-order valence-electron chi connectivity index (χ0n) is 19.7. The normalized spacial score (nSPS) is 23.9. The molecule has 1 saturated heterocycles. The van der Waals surface area contributed by atoms with E-state index in [9.17, 15) is 19.5 Å². The fraction of sp³-hybridized carbons (Fsp3) is 0.542. The third-order valence-electron chi connectivity index (χ3n) is 6.09. The molecular weight excluding hydrogens is 571 g/mol. The number of nitrogens with zero attached hydrogens (tertiary/aromatic N) is 1. The highest BCUT2D eigenvalue weighted by molar-refractivity contribution is 14.1. The van der Waals surface area contributed by atoms with Gasteiger partial charge in [-0.25, -0.2) is 0 Å². The minimum atomic E-state index is -1.15. The first kappa shape index (κ1) is 27.4. The van der Waals surface area contributed by atoms with Crippen molar-refractivity contribution in [3.63, 3.8) is 0 Å². The zero-order chi connectivity index (χ0) is 25.5. The number of benzene rings is 1. The van der Waals surface area contributed by atoms with E-state index < -0.39 is 24.2 Å². The third-order valence-corrected chi connectivity index (χ3v) is 6.89. The molecule has 3 rings (SSSR count). The van der Waals surface area contributed by atoms with Gasteiger partial charge >= 0.3 is 0 Å². The molecule has 2 aliphatic rings. The molecule has 0 radical (unpaired) electrons. The van der Waals surface area contributed by atoms with Crippen molar-refractivity contribution in [3.8, 4) is 11.5 Å². The van der Waals surface area contributed by atoms with Crippen LogP contribution in [0.25, 0.3) is 0 Å². The summed E-state index contributed by atoms with van der Waals surface area (Å²) in [6.45, 7) is 2.19. The number of carbonyl (C=O) groups is 3. The first-order valence-corrected chi connectivity index (χ1v) is 12.5. The second-order valence-corrected chi connectivity index (χ2v) is 9.64. The van der Waals surface area contributed by atoms with Crippen LogP contribution in [0, 0.1) is 3.57 Å². The number of aliphatic hydroxyl groups is 2. The van der Waals surface area contributed by atoms with E-state index in [2.05, 4.69) is 5.32 Å². The Bertz CT molecular complexity index is 963. The zero-order valence-corrected chi connectivity index (χ0v) is 21.9. The Morgan fingerprint density at radius 1 is 1.37 bits per heavy atom. The number of ether oxygens (including phenoxy) is 3. The lowest BCUT2D eigenvalue weighted by Crippen LogP contribution is -2.56. The molecule has 3 N–H and O–H groups in total. The fourth-order valence-electron chi connectivity index (χ4n) is 4.34. The number of hydrogen-bond donors (Lipinski definition) is 3. The smallest absolute Gasteiger partial charge is 0.247 e. The van der Waals surface area contributed by atoms with Gasteiger partial charge in [0.2, 0.25) is 11.8 Å². The Kier molecular flexibility index (Phi) is 9.89. The quantitative estimate of drug-likeness (QED) is 0.268. The standard InChI is InChI=1S/C24H31IN2O8/c1-14(30)27(12-17-4-3-7-34-17)19-10-16(24(32)26-5-6-28)11-20(22(19)31)35-23-18(25)8-15(13-29)9-21(23)33-2/h8-9,11,13,17,19-20,22,28,31H,3-7,10,12H2,1-2H3,(H,26,32). The summed E-state index contributed by atoms with van der Waals surface area (Å²) in [7, 11) is 1.44. The van der Waals surface area contributed by atoms with Crippen LogP contribution in [-0.4, -0.2) is 91.0 Å². The van der Waals surface area contributed by atoms with E-state index in [0.29, 0.717) is 45.6 Å². The van der Waals surface area contributed by atoms with Gasteiger partial charge in [0.05, 0.1) is 29.4 Å². The summed E-state index contributed by atoms with van der Waals surface area (Å²) in [6, 6.07) is 2.41. The van der Waals surface area contributed by atoms with Crippen molar-refractivity contribution in [1.29, 1.82) is 0 Å². The van der Waals surface area contributed by atoms with Crippen LogP contribution < -0.4 is 14.8 Å². The number of nitrogens with one attached hydrogen (secondary N) is 1. The van der Waals surface area contributed by atoms with E-state index in [1.807, 2.05) is 22.6 Å². The van der Waals surface area contributed by atoms with E-state index >= 15 is 0 Å². The Morgan fingerprint density at radius 2 is 2.14 bits per heavy atom. The maximum absolute atomic E-state index is 12.8. The summed E-state index contributed by atoms with van der Waals surface area (Å²) in [5.41, 5.74) is 0.732. The van der Waals surface area contributed by atoms with Crippen molar-refractivity contribution >= 4 is 40.7 Å². The Hall–Kier alpha value is -2.22. The number of aldehydes is 1. The summed E-state index contributed by atoms with van der Waals surface area (Å²) < 4.78 is 17.8. The van der Waals surface area contributed by atoms with Crippen molar-refractivity contribution in [2.24, 2.45) is 0 Å². The van der Waals surface area contributed by atoms with Gasteiger partial charge in [-0.3, -0.25) is 14.4 Å². The summed E-state index contributed by atoms with van der Waals surface area (Å²) in [5.74, 6) is -0.0509. The SMILES string of the molecule is COc1cc(C=O)cc(I)c1OC1C=C(C(=O)NCCO)CC(N(CC2CCCO2)C(C)=O)C1O. The van der Waals surface area contributed by atoms with Gasteiger partial charge in [0.1, 0.15) is 18.5 Å². The molecule has 1 aliphatic heterocycles. The number of halogens is 1. The minimum absolute atomic E-state index is 0.0696. The molecule has 2 amide bonds. The predicted molar refractivity (Wildman–Crippen MR) is 134 cm³/mol. The van der Waals surface area contributed by atoms with E-state index in [0.717, 1.165) is 12.8 Å². The molecule has 1 heterocycles. The van der Waals surface area contributed by atoms with Gasteiger partial charge in [-0.15, -0.1) is 0 Å². The number of rotatable bonds is 10. The summed E-state index contributed by atoms with van der Waals surface area (Å²) in [4.78, 5) is 38.2. The lowest BCUT2D eigenvalue weighted by atomic mass is 9.88. The summed E-state index contributed by atoms with van der Waals surface area (Å²) >= 11 is 2.01. The molecule has 1 fully saturated rings. The maximum Gasteiger partial charge on any atom is 0.247 e. The maximum atomic E-state index is 12.8. The molecule has 4 unspecified atom stereocenters. The molecule has 11 heteroatoms. The molecule has 0 spiro atoms. The first-order chi connectivity index (χ1) is 16.8. The van der Waals surface area contributed by atoms with Crippen molar-refractivity contribution in [2.45, 2.75) is 50.5 Å². The van der Waals surface area contributed by atoms with Gasteiger partial charge in [-0.1, -0.05) is 0 Å². The molecule has 1 aromatic rings. The number of aliphatic hydroxyl groups excluding tert-OH is 2. The second-order valence-electron chi connectivity index (χ2n) is 8.47. The Labute approximate surface area is 217 Å². The monoisotopic (exact) mass is 602 g/mol. The van der Waals surface area contributed by atoms with Crippen molar-refractivity contribution in [2.75, 3.05) is 33.4 Å². The van der Waals surface area contributed by atoms with Crippen LogP contribution in [0.5, 0.6) is 11.5 Å². The van der Waals surface area contributed by atoms with Crippen LogP contribution in [0.2, 0.25) is 0 Å². The summed E-state index contributed by atoms with van der Waals surface area (Å²) in [5, 5.41) is 23.1. The summed E-state index contributed by atoms with van der Waals surface area (Å²) in [6.07, 6.45) is 1.77. The van der Waals surface area contributed by atoms with Crippen LogP contribution >= 0.6 is 22.6 Å². The molecule has 0 saturated carbocycles. The van der Waals surface area contributed by atoms with Crippen molar-refractivity contribution in [3.05, 3.63) is 32.9 Å². The highest BCUT2D eigenvalue weighted by Crippen LogP contribution is 2.37. The number of carbonyl (C=O) groups excluding carboxylic acids is 3. The molecule has 35 heavy (non-hydrogen) atoms. The van der Waals surface area contributed by atoms with Crippen molar-refractivity contribution < 1.29 is 38.8 Å². The van der Waals surface area contributed by atoms with E-state index in [1.54, 1.807) is 11.0 Å². The Balaban J connectivity index is 1.95. The molecule has 192 valence electrons. The average Bonchev–Trinajstić information content (AvgIpc) is 3.36. The molecule has 1 aromatic carbocycles. The third kappa shape index (κ3) is 6.72. The molecule has 4 atom stereocenters. The highest BCUT2D eigenvalue weighted by Gasteiger charge is 2.41. The molecule has 10 nitrogen and oxygen atoms in total. The molecular formula is C24H31IN2O8. The molecule has 0 bridgehead atoms. The average molecular weight is 602 g/mol. The van der Waals surface area contributed by atoms with Crippen LogP contribution in [0.15, 0.2) is 23.8 Å². The lowest BCUT2D eigenvalue weighted by molar-refractivity contribution is -0.138. The van der Waals surface area contributed by atoms with Gasteiger partial charge in [0, 0.05) is 44.2 Å². The number of methoxy groups -OCH3 is 1. The predicted octanol–water partition coefficient (Wildman–Crippen LogP) is 1.06. The van der Waals surface area contributed by atoms with Gasteiger partial charge in [0.25, 0.3) is 0 Å². The van der Waals surface area contributed by atoms with Gasteiger partial charge < -0.3 is 34.6 Å². The van der Waals surface area contributed by atoms with Crippen LogP contribution in [0.3, 0.4) is 0 Å². The largest absolute Gasteiger partial charge is 0.493 e. The van der Waals surface area contributed by atoms with Crippen LogP contribution in [-0.2, 0) is 14.3 Å². The molecule has 1 aliphatic carbocycles. The number of amides is 2. The highest BCUT2D eigenvalue weighted by atomic mass is 127.